The Bertz CT molecular complexity index is 857. The topological polar surface area (TPSA) is 58.6 Å². The molecule has 1 heterocycles. The van der Waals surface area contributed by atoms with Gasteiger partial charge in [0, 0.05) is 28.6 Å². The second-order valence-electron chi connectivity index (χ2n) is 6.75. The fourth-order valence-corrected chi connectivity index (χ4v) is 3.62. The summed E-state index contributed by atoms with van der Waals surface area (Å²) in [6.07, 6.45) is 4.85. The second kappa shape index (κ2) is 9.58. The molecule has 1 aliphatic heterocycles. The van der Waals surface area contributed by atoms with Gasteiger partial charge < -0.3 is 15.2 Å². The van der Waals surface area contributed by atoms with Crippen LogP contribution in [-0.4, -0.2) is 30.3 Å². The zero-order chi connectivity index (χ0) is 19.9. The number of ether oxygens (including phenoxy) is 1. The van der Waals surface area contributed by atoms with E-state index in [0.717, 1.165) is 35.2 Å². The number of hydrogen-bond acceptors (Lipinski definition) is 3. The fourth-order valence-electron chi connectivity index (χ4n) is 3.39. The summed E-state index contributed by atoms with van der Waals surface area (Å²) in [6, 6.07) is 15.6. The minimum Gasteiger partial charge on any atom is -0.500 e. The molecule has 146 valence electrons. The van der Waals surface area contributed by atoms with Crippen LogP contribution >= 0.6 is 11.6 Å². The molecule has 4 nitrogen and oxygen atoms in total. The van der Waals surface area contributed by atoms with Gasteiger partial charge in [-0.1, -0.05) is 60.1 Å². The van der Waals surface area contributed by atoms with Crippen molar-refractivity contribution in [2.75, 3.05) is 13.2 Å². The summed E-state index contributed by atoms with van der Waals surface area (Å²) in [5, 5.41) is 13.2. The molecular weight excluding hydrogens is 374 g/mol. The average molecular weight is 398 g/mol. The van der Waals surface area contributed by atoms with Crippen LogP contribution in [0, 0.1) is 6.92 Å². The first kappa shape index (κ1) is 20.2. The largest absolute Gasteiger partial charge is 0.500 e. The van der Waals surface area contributed by atoms with Crippen molar-refractivity contribution in [3.63, 3.8) is 0 Å². The van der Waals surface area contributed by atoms with Crippen molar-refractivity contribution in [1.29, 1.82) is 0 Å². The number of nitrogens with one attached hydrogen (secondary N) is 1. The van der Waals surface area contributed by atoms with Gasteiger partial charge in [0.15, 0.2) is 0 Å². The van der Waals surface area contributed by atoms with E-state index in [1.54, 1.807) is 12.3 Å². The van der Waals surface area contributed by atoms with E-state index in [1.807, 2.05) is 42.5 Å². The van der Waals surface area contributed by atoms with Crippen molar-refractivity contribution in [2.24, 2.45) is 0 Å². The third-order valence-corrected chi connectivity index (χ3v) is 5.18. The predicted octanol–water partition coefficient (Wildman–Crippen LogP) is 4.82. The van der Waals surface area contributed by atoms with E-state index in [1.165, 1.54) is 0 Å². The molecule has 1 atom stereocenters. The summed E-state index contributed by atoms with van der Waals surface area (Å²) in [7, 11) is 0. The van der Waals surface area contributed by atoms with Crippen molar-refractivity contribution in [3.8, 4) is 0 Å². The zero-order valence-electron chi connectivity index (χ0n) is 15.8. The maximum Gasteiger partial charge on any atom is 0.332 e. The average Bonchev–Trinajstić information content (AvgIpc) is 2.70. The van der Waals surface area contributed by atoms with Crippen molar-refractivity contribution >= 4 is 23.1 Å². The van der Waals surface area contributed by atoms with Crippen LogP contribution in [0.15, 0.2) is 66.4 Å². The highest BCUT2D eigenvalue weighted by Gasteiger charge is 2.22. The van der Waals surface area contributed by atoms with Crippen LogP contribution in [0.1, 0.15) is 29.5 Å². The number of rotatable bonds is 7. The molecule has 0 saturated carbocycles. The molecule has 0 aliphatic carbocycles. The molecule has 5 heteroatoms. The summed E-state index contributed by atoms with van der Waals surface area (Å²) in [4.78, 5) is 11.4. The van der Waals surface area contributed by atoms with Gasteiger partial charge in [-0.15, -0.1) is 0 Å². The van der Waals surface area contributed by atoms with Gasteiger partial charge in [0.2, 0.25) is 0 Å². The van der Waals surface area contributed by atoms with Gasteiger partial charge >= 0.3 is 5.97 Å². The van der Waals surface area contributed by atoms with E-state index in [-0.39, 0.29) is 6.04 Å². The van der Waals surface area contributed by atoms with Crippen LogP contribution in [0.3, 0.4) is 0 Å². The first-order valence-corrected chi connectivity index (χ1v) is 9.75. The normalized spacial score (nSPS) is 17.1. The van der Waals surface area contributed by atoms with Gasteiger partial charge in [-0.25, -0.2) is 4.79 Å². The van der Waals surface area contributed by atoms with Crippen LogP contribution in [0.4, 0.5) is 0 Å². The molecule has 0 fully saturated rings. The molecule has 0 saturated heterocycles. The monoisotopic (exact) mass is 397 g/mol. The van der Waals surface area contributed by atoms with E-state index >= 15 is 0 Å². The number of halogens is 1. The first-order valence-electron chi connectivity index (χ1n) is 9.37. The number of hydrogen-bond donors (Lipinski definition) is 2. The molecule has 3 rings (SSSR count). The van der Waals surface area contributed by atoms with Crippen molar-refractivity contribution in [2.45, 2.75) is 25.8 Å². The Hall–Kier alpha value is -2.56. The maximum absolute atomic E-state index is 11.4. The number of carboxylic acids is 1. The van der Waals surface area contributed by atoms with Crippen LogP contribution in [0.5, 0.6) is 0 Å². The van der Waals surface area contributed by atoms with E-state index in [2.05, 4.69) is 18.3 Å². The maximum atomic E-state index is 11.4. The van der Waals surface area contributed by atoms with Gasteiger partial charge in [-0.05, 0) is 37.1 Å². The first-order chi connectivity index (χ1) is 13.6. The summed E-state index contributed by atoms with van der Waals surface area (Å²) in [5.41, 5.74) is 4.42. The Balaban J connectivity index is 1.78. The summed E-state index contributed by atoms with van der Waals surface area (Å²) < 4.78 is 5.86. The zero-order valence-corrected chi connectivity index (χ0v) is 16.6. The van der Waals surface area contributed by atoms with Crippen molar-refractivity contribution < 1.29 is 14.6 Å². The Morgan fingerprint density at radius 1 is 1.21 bits per heavy atom. The number of carboxylic acid groups (broad SMARTS) is 1. The van der Waals surface area contributed by atoms with Gasteiger partial charge in [0.1, 0.15) is 0 Å². The quantitative estimate of drug-likeness (QED) is 0.519. The highest BCUT2D eigenvalue weighted by Crippen LogP contribution is 2.31. The third-order valence-electron chi connectivity index (χ3n) is 4.85. The highest BCUT2D eigenvalue weighted by molar-refractivity contribution is 6.32. The second-order valence-corrected chi connectivity index (χ2v) is 7.15. The minimum atomic E-state index is -0.871. The Kier molecular flexibility index (Phi) is 6.90. The molecule has 0 bridgehead atoms. The van der Waals surface area contributed by atoms with Gasteiger partial charge in [0.25, 0.3) is 0 Å². The Labute approximate surface area is 170 Å². The Morgan fingerprint density at radius 2 is 1.93 bits per heavy atom. The van der Waals surface area contributed by atoms with Crippen LogP contribution in [0.25, 0.3) is 5.57 Å². The Morgan fingerprint density at radius 3 is 2.64 bits per heavy atom. The van der Waals surface area contributed by atoms with E-state index in [4.69, 9.17) is 16.3 Å². The molecule has 2 N–H and O–H groups in total. The third kappa shape index (κ3) is 4.83. The molecule has 0 radical (unpaired) electrons. The molecular formula is C23H24ClNO3. The number of benzene rings is 2. The van der Waals surface area contributed by atoms with Gasteiger partial charge in [-0.3, -0.25) is 0 Å². The minimum absolute atomic E-state index is 0.193. The molecule has 2 aromatic carbocycles. The number of aryl methyl sites for hydroxylation is 1. The fraction of sp³-hybridized carbons (Fsp3) is 0.261. The molecule has 1 aliphatic rings. The lowest BCUT2D eigenvalue weighted by molar-refractivity contribution is -0.133. The lowest BCUT2D eigenvalue weighted by Crippen LogP contribution is -2.38. The van der Waals surface area contributed by atoms with E-state index in [0.29, 0.717) is 23.6 Å². The summed E-state index contributed by atoms with van der Waals surface area (Å²) in [6.45, 7) is 3.24. The van der Waals surface area contributed by atoms with Crippen LogP contribution in [0.2, 0.25) is 5.02 Å². The smallest absolute Gasteiger partial charge is 0.332 e. The SMILES string of the molecule is Cc1ccccc1C(=COCCC1NCCC=C1C(=O)O)c1ccccc1Cl. The van der Waals surface area contributed by atoms with Crippen LogP contribution in [-0.2, 0) is 9.53 Å². The van der Waals surface area contributed by atoms with Gasteiger partial charge in [-0.2, -0.15) is 0 Å². The van der Waals surface area contributed by atoms with Crippen LogP contribution < -0.4 is 5.32 Å². The van der Waals surface area contributed by atoms with E-state index in [9.17, 15) is 9.90 Å². The molecule has 2 aromatic rings. The number of aliphatic carboxylic acids is 1. The standard InChI is InChI=1S/C23H24ClNO3/c1-16-7-2-3-8-17(16)20(18-9-4-5-11-21(18)24)15-28-14-12-22-19(23(26)27)10-6-13-25-22/h2-5,7-11,15,22,25H,6,12-14H2,1H3,(H,26,27). The highest BCUT2D eigenvalue weighted by atomic mass is 35.5. The predicted molar refractivity (Wildman–Crippen MR) is 112 cm³/mol. The summed E-state index contributed by atoms with van der Waals surface area (Å²) >= 11 is 6.43. The van der Waals surface area contributed by atoms with Crippen molar-refractivity contribution in [3.05, 3.63) is 88.2 Å². The van der Waals surface area contributed by atoms with E-state index < -0.39 is 5.97 Å². The molecule has 1 unspecified atom stereocenters. The van der Waals surface area contributed by atoms with Crippen molar-refractivity contribution in [1.82, 2.24) is 5.32 Å². The summed E-state index contributed by atoms with van der Waals surface area (Å²) in [5.74, 6) is -0.871. The number of carbonyl (C=O) groups is 1. The molecule has 0 spiro atoms. The van der Waals surface area contributed by atoms with Gasteiger partial charge in [0.05, 0.1) is 18.4 Å². The molecule has 28 heavy (non-hydrogen) atoms. The molecule has 0 amide bonds. The molecule has 0 aromatic heterocycles. The lowest BCUT2D eigenvalue weighted by atomic mass is 9.95. The lowest BCUT2D eigenvalue weighted by Gasteiger charge is -2.23.